The number of carbonyl (C=O) groups is 3. The molecule has 3 N–H and O–H groups in total. The zero-order valence-electron chi connectivity index (χ0n) is 17.3. The molecule has 0 atom stereocenters. The lowest BCUT2D eigenvalue weighted by atomic mass is 9.90. The molecule has 0 aromatic carbocycles. The van der Waals surface area contributed by atoms with Gasteiger partial charge in [0, 0.05) is 24.5 Å². The van der Waals surface area contributed by atoms with E-state index in [-0.39, 0.29) is 36.0 Å². The van der Waals surface area contributed by atoms with Gasteiger partial charge in [-0.2, -0.15) is 0 Å². The molecule has 10 heteroatoms. The molecule has 0 bridgehead atoms. The number of methoxy groups -OCH3 is 1. The summed E-state index contributed by atoms with van der Waals surface area (Å²) in [6.45, 7) is 5.13. The fraction of sp³-hybridized carbons (Fsp3) is 0.632. The Morgan fingerprint density at radius 3 is 2.34 bits per heavy atom. The lowest BCUT2D eigenvalue weighted by Crippen LogP contribution is -2.49. The number of aromatic nitrogens is 2. The number of nitrogens with two attached hydrogens (primary N) is 1. The van der Waals surface area contributed by atoms with Crippen molar-refractivity contribution in [1.29, 1.82) is 0 Å². The molecule has 0 unspecified atom stereocenters. The molecule has 1 aliphatic carbocycles. The van der Waals surface area contributed by atoms with Crippen molar-refractivity contribution >= 4 is 23.8 Å². The summed E-state index contributed by atoms with van der Waals surface area (Å²) in [6.07, 6.45) is 4.77. The highest BCUT2D eigenvalue weighted by Crippen LogP contribution is 2.25. The number of esters is 1. The van der Waals surface area contributed by atoms with Crippen LogP contribution >= 0.6 is 0 Å². The Morgan fingerprint density at radius 1 is 1.17 bits per heavy atom. The summed E-state index contributed by atoms with van der Waals surface area (Å²) in [5, 5.41) is 2.91. The number of nitrogens with zero attached hydrogens (tertiary/aromatic N) is 3. The molecule has 1 aromatic heterocycles. The zero-order valence-corrected chi connectivity index (χ0v) is 17.3. The standard InChI is InChI=1S/C19H29N5O5/c1-19(2,3)29-18(27)24(11-14(25)28-4)13-7-5-12(6-8-13)23-17(26)15-16(20)22-10-9-21-15/h9-10,12-13H,5-8,11H2,1-4H3,(H2,20,22)(H,23,26). The van der Waals surface area contributed by atoms with Gasteiger partial charge in [0.05, 0.1) is 7.11 Å². The van der Waals surface area contributed by atoms with Crippen molar-refractivity contribution in [3.8, 4) is 0 Å². The second-order valence-electron chi connectivity index (χ2n) is 7.95. The summed E-state index contributed by atoms with van der Waals surface area (Å²) < 4.78 is 10.2. The molecule has 1 fully saturated rings. The maximum atomic E-state index is 12.6. The second kappa shape index (κ2) is 9.53. The summed E-state index contributed by atoms with van der Waals surface area (Å²) in [6, 6.07) is -0.266. The third-order valence-corrected chi connectivity index (χ3v) is 4.57. The van der Waals surface area contributed by atoms with Gasteiger partial charge in [-0.25, -0.2) is 14.8 Å². The van der Waals surface area contributed by atoms with Crippen LogP contribution in [0.15, 0.2) is 12.4 Å². The molecule has 0 spiro atoms. The average molecular weight is 407 g/mol. The zero-order chi connectivity index (χ0) is 21.6. The highest BCUT2D eigenvalue weighted by Gasteiger charge is 2.33. The molecule has 1 saturated carbocycles. The Kier molecular flexibility index (Phi) is 7.35. The number of hydrogen-bond acceptors (Lipinski definition) is 8. The second-order valence-corrected chi connectivity index (χ2v) is 7.95. The van der Waals surface area contributed by atoms with Gasteiger partial charge in [-0.3, -0.25) is 14.5 Å². The first-order valence-electron chi connectivity index (χ1n) is 9.54. The largest absolute Gasteiger partial charge is 0.468 e. The van der Waals surface area contributed by atoms with E-state index in [1.807, 2.05) is 0 Å². The molecule has 10 nitrogen and oxygen atoms in total. The highest BCUT2D eigenvalue weighted by atomic mass is 16.6. The SMILES string of the molecule is COC(=O)CN(C(=O)OC(C)(C)C)C1CCC(NC(=O)c2nccnc2N)CC1. The van der Waals surface area contributed by atoms with Crippen LogP contribution < -0.4 is 11.1 Å². The van der Waals surface area contributed by atoms with Gasteiger partial charge in [-0.15, -0.1) is 0 Å². The molecular formula is C19H29N5O5. The Balaban J connectivity index is 1.98. The Morgan fingerprint density at radius 2 is 1.79 bits per heavy atom. The molecular weight excluding hydrogens is 378 g/mol. The van der Waals surface area contributed by atoms with Gasteiger partial charge in [0.25, 0.3) is 5.91 Å². The minimum absolute atomic E-state index is 0.0767. The summed E-state index contributed by atoms with van der Waals surface area (Å²) in [5.41, 5.74) is 5.12. The first-order chi connectivity index (χ1) is 13.6. The smallest absolute Gasteiger partial charge is 0.411 e. The third-order valence-electron chi connectivity index (χ3n) is 4.57. The lowest BCUT2D eigenvalue weighted by molar-refractivity contribution is -0.142. The van der Waals surface area contributed by atoms with Crippen LogP contribution in [-0.4, -0.2) is 64.2 Å². The van der Waals surface area contributed by atoms with Crippen molar-refractivity contribution in [2.75, 3.05) is 19.4 Å². The van der Waals surface area contributed by atoms with Crippen molar-refractivity contribution in [1.82, 2.24) is 20.2 Å². The molecule has 1 aliphatic rings. The topological polar surface area (TPSA) is 137 Å². The maximum Gasteiger partial charge on any atom is 0.411 e. The molecule has 0 aliphatic heterocycles. The molecule has 0 radical (unpaired) electrons. The Hall–Kier alpha value is -2.91. The van der Waals surface area contributed by atoms with Crippen LogP contribution in [0.1, 0.15) is 56.9 Å². The van der Waals surface area contributed by atoms with Crippen LogP contribution in [0, 0.1) is 0 Å². The van der Waals surface area contributed by atoms with Gasteiger partial charge in [0.2, 0.25) is 0 Å². The van der Waals surface area contributed by atoms with E-state index in [1.165, 1.54) is 24.4 Å². The average Bonchev–Trinajstić information content (AvgIpc) is 2.65. The maximum absolute atomic E-state index is 12.6. The predicted molar refractivity (Wildman–Crippen MR) is 105 cm³/mol. The van der Waals surface area contributed by atoms with Gasteiger partial charge in [-0.05, 0) is 46.5 Å². The van der Waals surface area contributed by atoms with Crippen molar-refractivity contribution in [3.63, 3.8) is 0 Å². The van der Waals surface area contributed by atoms with E-state index in [9.17, 15) is 14.4 Å². The number of anilines is 1. The van der Waals surface area contributed by atoms with Crippen molar-refractivity contribution < 1.29 is 23.9 Å². The van der Waals surface area contributed by atoms with Gasteiger partial charge in [0.1, 0.15) is 12.1 Å². The van der Waals surface area contributed by atoms with Gasteiger partial charge >= 0.3 is 12.1 Å². The van der Waals surface area contributed by atoms with E-state index in [2.05, 4.69) is 15.3 Å². The van der Waals surface area contributed by atoms with Crippen LogP contribution in [0.5, 0.6) is 0 Å². The molecule has 1 aromatic rings. The number of nitrogen functional groups attached to an aromatic ring is 1. The number of hydrogen-bond donors (Lipinski definition) is 2. The van der Waals surface area contributed by atoms with E-state index in [0.717, 1.165) is 0 Å². The van der Waals surface area contributed by atoms with E-state index in [4.69, 9.17) is 15.2 Å². The Bertz CT molecular complexity index is 741. The molecule has 160 valence electrons. The number of amides is 2. The summed E-state index contributed by atoms with van der Waals surface area (Å²) >= 11 is 0. The Labute approximate surface area is 170 Å². The minimum atomic E-state index is -0.673. The van der Waals surface area contributed by atoms with Crippen LogP contribution in [-0.2, 0) is 14.3 Å². The first kappa shape index (κ1) is 22.4. The number of ether oxygens (including phenoxy) is 2. The van der Waals surface area contributed by atoms with Crippen LogP contribution in [0.25, 0.3) is 0 Å². The van der Waals surface area contributed by atoms with Crippen molar-refractivity contribution in [2.45, 2.75) is 64.1 Å². The van der Waals surface area contributed by atoms with E-state index in [0.29, 0.717) is 25.7 Å². The summed E-state index contributed by atoms with van der Waals surface area (Å²) in [7, 11) is 1.28. The van der Waals surface area contributed by atoms with Crippen LogP contribution in [0.2, 0.25) is 0 Å². The van der Waals surface area contributed by atoms with Gasteiger partial charge in [0.15, 0.2) is 11.5 Å². The third kappa shape index (κ3) is 6.58. The summed E-state index contributed by atoms with van der Waals surface area (Å²) in [5.74, 6) is -0.810. The fourth-order valence-corrected chi connectivity index (χ4v) is 3.18. The lowest BCUT2D eigenvalue weighted by Gasteiger charge is -2.37. The molecule has 2 rings (SSSR count). The van der Waals surface area contributed by atoms with Crippen LogP contribution in [0.4, 0.5) is 10.6 Å². The van der Waals surface area contributed by atoms with Gasteiger partial charge < -0.3 is 20.5 Å². The van der Waals surface area contributed by atoms with Crippen molar-refractivity contribution in [3.05, 3.63) is 18.1 Å². The molecule has 1 heterocycles. The van der Waals surface area contributed by atoms with Gasteiger partial charge in [-0.1, -0.05) is 0 Å². The normalized spacial score (nSPS) is 19.2. The van der Waals surface area contributed by atoms with E-state index < -0.39 is 17.7 Å². The quantitative estimate of drug-likeness (QED) is 0.701. The molecule has 0 saturated heterocycles. The predicted octanol–water partition coefficient (Wildman–Crippen LogP) is 1.51. The highest BCUT2D eigenvalue weighted by molar-refractivity contribution is 5.96. The number of carbonyl (C=O) groups excluding carboxylic acids is 3. The van der Waals surface area contributed by atoms with E-state index in [1.54, 1.807) is 20.8 Å². The minimum Gasteiger partial charge on any atom is -0.468 e. The van der Waals surface area contributed by atoms with Crippen LogP contribution in [0.3, 0.4) is 0 Å². The molecule has 2 amide bonds. The van der Waals surface area contributed by atoms with Crippen molar-refractivity contribution in [2.24, 2.45) is 0 Å². The summed E-state index contributed by atoms with van der Waals surface area (Å²) in [4.78, 5) is 46.0. The first-order valence-corrected chi connectivity index (χ1v) is 9.54. The van der Waals surface area contributed by atoms with E-state index >= 15 is 0 Å². The monoisotopic (exact) mass is 407 g/mol. The number of nitrogens with one attached hydrogen (secondary N) is 1. The fourth-order valence-electron chi connectivity index (χ4n) is 3.18. The number of rotatable bonds is 5. The molecule has 29 heavy (non-hydrogen) atoms.